The molecule has 110 valence electrons. The second-order valence-corrected chi connectivity index (χ2v) is 6.36. The Labute approximate surface area is 127 Å². The summed E-state index contributed by atoms with van der Waals surface area (Å²) < 4.78 is 6.54. The molecule has 1 saturated heterocycles. The molecule has 0 saturated carbocycles. The highest BCUT2D eigenvalue weighted by atomic mass is 79.9. The summed E-state index contributed by atoms with van der Waals surface area (Å²) in [4.78, 5) is 11.1. The number of carbonyl (C=O) groups is 1. The maximum absolute atomic E-state index is 11.1. The topological polar surface area (TPSA) is 58.6 Å². The van der Waals surface area contributed by atoms with E-state index in [2.05, 4.69) is 41.2 Å². The van der Waals surface area contributed by atoms with Gasteiger partial charge in [-0.2, -0.15) is 0 Å². The third-order valence-electron chi connectivity index (χ3n) is 3.83. The second-order valence-electron chi connectivity index (χ2n) is 5.50. The normalized spacial score (nSPS) is 22.2. The van der Waals surface area contributed by atoms with Crippen molar-refractivity contribution in [3.8, 4) is 5.75 Å². The summed E-state index contributed by atoms with van der Waals surface area (Å²) in [5.41, 5.74) is 2.21. The van der Waals surface area contributed by atoms with E-state index in [1.165, 1.54) is 5.56 Å². The van der Waals surface area contributed by atoms with E-state index in [0.717, 1.165) is 15.8 Å². The summed E-state index contributed by atoms with van der Waals surface area (Å²) in [5, 5.41) is 12.4. The van der Waals surface area contributed by atoms with E-state index in [0.29, 0.717) is 18.9 Å². The van der Waals surface area contributed by atoms with Crippen molar-refractivity contribution in [3.05, 3.63) is 27.7 Å². The number of methoxy groups -OCH3 is 1. The van der Waals surface area contributed by atoms with Crippen LogP contribution in [0.25, 0.3) is 0 Å². The molecule has 2 N–H and O–H groups in total. The number of rotatable bonds is 4. The summed E-state index contributed by atoms with van der Waals surface area (Å²) in [6.45, 7) is 4.77. The molecule has 5 heteroatoms. The number of carboxylic acids is 1. The highest BCUT2D eigenvalue weighted by Crippen LogP contribution is 2.38. The fraction of sp³-hybridized carbons (Fsp3) is 0.533. The Bertz CT molecular complexity index is 516. The minimum absolute atomic E-state index is 0.0311. The van der Waals surface area contributed by atoms with Crippen molar-refractivity contribution in [2.24, 2.45) is 5.92 Å². The average Bonchev–Trinajstić information content (AvgIpc) is 2.87. The van der Waals surface area contributed by atoms with Crippen molar-refractivity contribution in [2.75, 3.05) is 13.7 Å². The van der Waals surface area contributed by atoms with Crippen LogP contribution in [-0.2, 0) is 4.79 Å². The molecular weight excluding hydrogens is 322 g/mol. The minimum Gasteiger partial charge on any atom is -0.496 e. The van der Waals surface area contributed by atoms with E-state index in [1.807, 2.05) is 6.07 Å². The van der Waals surface area contributed by atoms with E-state index < -0.39 is 5.97 Å². The van der Waals surface area contributed by atoms with Crippen LogP contribution in [-0.4, -0.2) is 24.7 Å². The van der Waals surface area contributed by atoms with Crippen LogP contribution >= 0.6 is 15.9 Å². The van der Waals surface area contributed by atoms with Gasteiger partial charge in [-0.1, -0.05) is 29.8 Å². The lowest BCUT2D eigenvalue weighted by Crippen LogP contribution is -2.17. The zero-order valence-corrected chi connectivity index (χ0v) is 13.5. The molecule has 0 bridgehead atoms. The van der Waals surface area contributed by atoms with Crippen LogP contribution in [0.3, 0.4) is 0 Å². The number of halogens is 1. The molecule has 0 spiro atoms. The number of aliphatic carboxylic acids is 1. The number of hydrogen-bond acceptors (Lipinski definition) is 3. The van der Waals surface area contributed by atoms with Crippen LogP contribution in [0.4, 0.5) is 0 Å². The molecular formula is C15H20BrNO3. The largest absolute Gasteiger partial charge is 0.496 e. The molecule has 4 nitrogen and oxygen atoms in total. The van der Waals surface area contributed by atoms with Crippen LogP contribution in [0.2, 0.25) is 0 Å². The lowest BCUT2D eigenvalue weighted by molar-refractivity contribution is -0.141. The van der Waals surface area contributed by atoms with Gasteiger partial charge in [-0.25, -0.2) is 0 Å². The lowest BCUT2D eigenvalue weighted by atomic mass is 9.95. The molecule has 2 atom stereocenters. The molecule has 0 aliphatic carbocycles. The van der Waals surface area contributed by atoms with Crippen molar-refractivity contribution in [3.63, 3.8) is 0 Å². The van der Waals surface area contributed by atoms with Crippen molar-refractivity contribution < 1.29 is 14.6 Å². The molecule has 0 radical (unpaired) electrons. The van der Waals surface area contributed by atoms with Gasteiger partial charge in [0, 0.05) is 22.6 Å². The van der Waals surface area contributed by atoms with Crippen molar-refractivity contribution in [1.82, 2.24) is 5.32 Å². The van der Waals surface area contributed by atoms with Gasteiger partial charge in [0.05, 0.1) is 13.0 Å². The highest BCUT2D eigenvalue weighted by molar-refractivity contribution is 9.10. The molecule has 2 rings (SSSR count). The van der Waals surface area contributed by atoms with Crippen LogP contribution in [0.5, 0.6) is 5.75 Å². The first-order valence-corrected chi connectivity index (χ1v) is 7.56. The van der Waals surface area contributed by atoms with Crippen LogP contribution in [0, 0.1) is 5.92 Å². The Kier molecular flexibility index (Phi) is 4.70. The van der Waals surface area contributed by atoms with Gasteiger partial charge in [0.1, 0.15) is 5.75 Å². The lowest BCUT2D eigenvalue weighted by Gasteiger charge is -2.19. The Morgan fingerprint density at radius 1 is 1.50 bits per heavy atom. The summed E-state index contributed by atoms with van der Waals surface area (Å²) in [7, 11) is 1.65. The zero-order chi connectivity index (χ0) is 14.9. The molecule has 1 heterocycles. The maximum atomic E-state index is 11.1. The average molecular weight is 342 g/mol. The molecule has 1 fully saturated rings. The number of ether oxygens (including phenoxy) is 1. The van der Waals surface area contributed by atoms with E-state index in [4.69, 9.17) is 9.84 Å². The first-order chi connectivity index (χ1) is 9.43. The SMILES string of the molecule is COc1cc(C(C)C)c(Br)cc1C1CC(C(=O)O)CN1. The third-order valence-corrected chi connectivity index (χ3v) is 4.51. The summed E-state index contributed by atoms with van der Waals surface area (Å²) in [6.07, 6.45) is 0.596. The van der Waals surface area contributed by atoms with Crippen molar-refractivity contribution in [1.29, 1.82) is 0 Å². The van der Waals surface area contributed by atoms with Crippen LogP contribution < -0.4 is 10.1 Å². The molecule has 2 unspecified atom stereocenters. The maximum Gasteiger partial charge on any atom is 0.307 e. The predicted molar refractivity (Wildman–Crippen MR) is 81.3 cm³/mol. The first kappa shape index (κ1) is 15.3. The van der Waals surface area contributed by atoms with Gasteiger partial charge in [-0.15, -0.1) is 0 Å². The van der Waals surface area contributed by atoms with Crippen molar-refractivity contribution in [2.45, 2.75) is 32.2 Å². The monoisotopic (exact) mass is 341 g/mol. The predicted octanol–water partition coefficient (Wildman–Crippen LogP) is 3.32. The van der Waals surface area contributed by atoms with Gasteiger partial charge >= 0.3 is 5.97 Å². The molecule has 20 heavy (non-hydrogen) atoms. The Morgan fingerprint density at radius 2 is 2.20 bits per heavy atom. The Hall–Kier alpha value is -1.07. The van der Waals surface area contributed by atoms with Gasteiger partial charge < -0.3 is 15.2 Å². The zero-order valence-electron chi connectivity index (χ0n) is 11.9. The molecule has 1 aliphatic heterocycles. The molecule has 0 amide bonds. The van der Waals surface area contributed by atoms with E-state index in [9.17, 15) is 4.79 Å². The summed E-state index contributed by atoms with van der Waals surface area (Å²) in [5.74, 6) is 0.154. The first-order valence-electron chi connectivity index (χ1n) is 6.77. The van der Waals surface area contributed by atoms with E-state index in [-0.39, 0.29) is 12.0 Å². The smallest absolute Gasteiger partial charge is 0.307 e. The van der Waals surface area contributed by atoms with Crippen LogP contribution in [0.15, 0.2) is 16.6 Å². The molecule has 1 aromatic rings. The molecule has 0 aromatic heterocycles. The highest BCUT2D eigenvalue weighted by Gasteiger charge is 2.32. The van der Waals surface area contributed by atoms with Gasteiger partial charge in [-0.3, -0.25) is 4.79 Å². The van der Waals surface area contributed by atoms with Crippen molar-refractivity contribution >= 4 is 21.9 Å². The van der Waals surface area contributed by atoms with E-state index >= 15 is 0 Å². The fourth-order valence-electron chi connectivity index (χ4n) is 2.64. The van der Waals surface area contributed by atoms with Gasteiger partial charge in [0.15, 0.2) is 0 Å². The summed E-state index contributed by atoms with van der Waals surface area (Å²) >= 11 is 3.60. The molecule has 1 aliphatic rings. The van der Waals surface area contributed by atoms with Crippen LogP contribution in [0.1, 0.15) is 43.4 Å². The summed E-state index contributed by atoms with van der Waals surface area (Å²) in [6, 6.07) is 4.12. The Morgan fingerprint density at radius 3 is 2.70 bits per heavy atom. The van der Waals surface area contributed by atoms with E-state index in [1.54, 1.807) is 7.11 Å². The Balaban J connectivity index is 2.33. The number of benzene rings is 1. The number of hydrogen-bond donors (Lipinski definition) is 2. The fourth-order valence-corrected chi connectivity index (χ4v) is 3.46. The van der Waals surface area contributed by atoms with Gasteiger partial charge in [0.2, 0.25) is 0 Å². The molecule has 1 aromatic carbocycles. The van der Waals surface area contributed by atoms with Gasteiger partial charge in [0.25, 0.3) is 0 Å². The standard InChI is InChI=1S/C15H20BrNO3/c1-8(2)10-6-14(20-3)11(5-12(10)16)13-4-9(7-17-13)15(18)19/h5-6,8-9,13,17H,4,7H2,1-3H3,(H,18,19). The second kappa shape index (κ2) is 6.14. The quantitative estimate of drug-likeness (QED) is 0.881. The minimum atomic E-state index is -0.739. The number of nitrogens with one attached hydrogen (secondary N) is 1. The third kappa shape index (κ3) is 2.99. The number of carboxylic acid groups (broad SMARTS) is 1. The van der Waals surface area contributed by atoms with Gasteiger partial charge in [-0.05, 0) is 30.0 Å².